The predicted molar refractivity (Wildman–Crippen MR) is 76.3 cm³/mol. The van der Waals surface area contributed by atoms with Crippen LogP contribution in [0.2, 0.25) is 0 Å². The summed E-state index contributed by atoms with van der Waals surface area (Å²) in [5, 5.41) is 10.6. The zero-order valence-electron chi connectivity index (χ0n) is 11.6. The van der Waals surface area contributed by atoms with Crippen molar-refractivity contribution in [2.75, 3.05) is 12.3 Å². The highest BCUT2D eigenvalue weighted by Crippen LogP contribution is 2.27. The molecule has 0 saturated heterocycles. The zero-order chi connectivity index (χ0) is 14.3. The second kappa shape index (κ2) is 7.61. The molecular weight excluding hydrogens is 244 g/mol. The molecule has 0 aromatic heterocycles. The molecule has 5 heteroatoms. The Kier molecular flexibility index (Phi) is 6.12. The third-order valence-electron chi connectivity index (χ3n) is 3.22. The summed E-state index contributed by atoms with van der Waals surface area (Å²) in [6.07, 6.45) is 4.57. The van der Waals surface area contributed by atoms with Crippen LogP contribution in [-0.4, -0.2) is 11.5 Å². The average Bonchev–Trinajstić information content (AvgIpc) is 2.40. The van der Waals surface area contributed by atoms with Gasteiger partial charge < -0.3 is 10.5 Å². The topological polar surface area (TPSA) is 78.4 Å². The molecule has 19 heavy (non-hydrogen) atoms. The summed E-state index contributed by atoms with van der Waals surface area (Å²) in [5.74, 6) is 1.04. The van der Waals surface area contributed by atoms with Gasteiger partial charge in [0.1, 0.15) is 5.75 Å². The predicted octanol–water partition coefficient (Wildman–Crippen LogP) is 3.77. The van der Waals surface area contributed by atoms with Gasteiger partial charge in [-0.15, -0.1) is 0 Å². The van der Waals surface area contributed by atoms with Gasteiger partial charge in [0.25, 0.3) is 5.69 Å². The summed E-state index contributed by atoms with van der Waals surface area (Å²) in [5.41, 5.74) is 6.07. The normalized spacial score (nSPS) is 12.1. The van der Waals surface area contributed by atoms with Crippen molar-refractivity contribution in [1.82, 2.24) is 0 Å². The number of hydrogen-bond donors (Lipinski definition) is 1. The number of nitrogen functional groups attached to an aromatic ring is 1. The highest BCUT2D eigenvalue weighted by Gasteiger charge is 2.11. The van der Waals surface area contributed by atoms with Crippen molar-refractivity contribution in [2.24, 2.45) is 5.92 Å². The Morgan fingerprint density at radius 3 is 2.68 bits per heavy atom. The first-order chi connectivity index (χ1) is 9.08. The third-order valence-corrected chi connectivity index (χ3v) is 3.22. The molecule has 1 aromatic rings. The molecule has 0 heterocycles. The monoisotopic (exact) mass is 266 g/mol. The Labute approximate surface area is 113 Å². The van der Waals surface area contributed by atoms with E-state index in [-0.39, 0.29) is 5.69 Å². The summed E-state index contributed by atoms with van der Waals surface area (Å²) in [7, 11) is 0. The van der Waals surface area contributed by atoms with Gasteiger partial charge >= 0.3 is 0 Å². The molecule has 1 rings (SSSR count). The van der Waals surface area contributed by atoms with E-state index in [0.717, 1.165) is 12.8 Å². The third kappa shape index (κ3) is 4.77. The van der Waals surface area contributed by atoms with Gasteiger partial charge in [-0.3, -0.25) is 10.1 Å². The number of unbranched alkanes of at least 4 members (excludes halogenated alkanes) is 1. The quantitative estimate of drug-likeness (QED) is 0.441. The fourth-order valence-electron chi connectivity index (χ4n) is 1.89. The number of nitro benzene ring substituents is 1. The number of hydrogen-bond acceptors (Lipinski definition) is 4. The number of anilines is 1. The largest absolute Gasteiger partial charge is 0.491 e. The average molecular weight is 266 g/mol. The van der Waals surface area contributed by atoms with Crippen molar-refractivity contribution < 1.29 is 9.66 Å². The Balaban J connectivity index is 2.59. The van der Waals surface area contributed by atoms with Crippen LogP contribution in [-0.2, 0) is 0 Å². The molecule has 0 amide bonds. The molecule has 0 bridgehead atoms. The van der Waals surface area contributed by atoms with Crippen LogP contribution in [0.4, 0.5) is 11.4 Å². The van der Waals surface area contributed by atoms with Gasteiger partial charge in [-0.25, -0.2) is 0 Å². The molecule has 1 atom stereocenters. The molecule has 106 valence electrons. The summed E-state index contributed by atoms with van der Waals surface area (Å²) >= 11 is 0. The van der Waals surface area contributed by atoms with Crippen molar-refractivity contribution in [1.29, 1.82) is 0 Å². The first kappa shape index (κ1) is 15.3. The first-order valence-electron chi connectivity index (χ1n) is 6.75. The number of ether oxygens (including phenoxy) is 1. The molecule has 5 nitrogen and oxygen atoms in total. The van der Waals surface area contributed by atoms with Gasteiger partial charge in [0.15, 0.2) is 0 Å². The number of non-ortho nitro benzene ring substituents is 1. The van der Waals surface area contributed by atoms with E-state index in [9.17, 15) is 10.1 Å². The van der Waals surface area contributed by atoms with Crippen molar-refractivity contribution >= 4 is 11.4 Å². The summed E-state index contributed by atoms with van der Waals surface area (Å²) in [6, 6.07) is 4.32. The standard InChI is InChI=1S/C14H22N2O3/c1-3-5-6-11(4-2)10-19-14-8-7-12(16(17)18)9-13(14)15/h7-9,11H,3-6,10,15H2,1-2H3. The number of rotatable bonds is 8. The van der Waals surface area contributed by atoms with Crippen molar-refractivity contribution in [3.8, 4) is 5.75 Å². The minimum absolute atomic E-state index is 0.0112. The molecule has 0 saturated carbocycles. The fraction of sp³-hybridized carbons (Fsp3) is 0.571. The van der Waals surface area contributed by atoms with Crippen LogP contribution in [0.5, 0.6) is 5.75 Å². The van der Waals surface area contributed by atoms with Crippen LogP contribution in [0, 0.1) is 16.0 Å². The minimum atomic E-state index is -0.462. The molecular formula is C14H22N2O3. The number of benzene rings is 1. The fourth-order valence-corrected chi connectivity index (χ4v) is 1.89. The van der Waals surface area contributed by atoms with Crippen molar-refractivity contribution in [3.05, 3.63) is 28.3 Å². The van der Waals surface area contributed by atoms with Crippen LogP contribution in [0.15, 0.2) is 18.2 Å². The second-order valence-corrected chi connectivity index (χ2v) is 4.71. The number of nitrogens with zero attached hydrogens (tertiary/aromatic N) is 1. The van der Waals surface area contributed by atoms with E-state index in [1.165, 1.54) is 25.0 Å². The van der Waals surface area contributed by atoms with Crippen LogP contribution < -0.4 is 10.5 Å². The molecule has 0 fully saturated rings. The lowest BCUT2D eigenvalue weighted by molar-refractivity contribution is -0.384. The lowest BCUT2D eigenvalue weighted by atomic mass is 10.0. The molecule has 1 unspecified atom stereocenters. The van der Waals surface area contributed by atoms with E-state index in [1.807, 2.05) is 0 Å². The molecule has 2 N–H and O–H groups in total. The molecule has 1 aromatic carbocycles. The maximum Gasteiger partial charge on any atom is 0.271 e. The van der Waals surface area contributed by atoms with Gasteiger partial charge in [-0.2, -0.15) is 0 Å². The van der Waals surface area contributed by atoms with Crippen LogP contribution >= 0.6 is 0 Å². The van der Waals surface area contributed by atoms with Crippen LogP contribution in [0.1, 0.15) is 39.5 Å². The van der Waals surface area contributed by atoms with Crippen LogP contribution in [0.25, 0.3) is 0 Å². The maximum absolute atomic E-state index is 10.6. The smallest absolute Gasteiger partial charge is 0.271 e. The Morgan fingerprint density at radius 1 is 1.42 bits per heavy atom. The SMILES string of the molecule is CCCCC(CC)COc1ccc([N+](=O)[O-])cc1N. The lowest BCUT2D eigenvalue weighted by Crippen LogP contribution is -2.12. The van der Waals surface area contributed by atoms with E-state index in [0.29, 0.717) is 24.0 Å². The van der Waals surface area contributed by atoms with Crippen molar-refractivity contribution in [3.63, 3.8) is 0 Å². The molecule has 0 radical (unpaired) electrons. The number of nitrogens with two attached hydrogens (primary N) is 1. The molecule has 0 spiro atoms. The van der Waals surface area contributed by atoms with E-state index in [4.69, 9.17) is 10.5 Å². The highest BCUT2D eigenvalue weighted by molar-refractivity contribution is 5.58. The zero-order valence-corrected chi connectivity index (χ0v) is 11.6. The second-order valence-electron chi connectivity index (χ2n) is 4.71. The van der Waals surface area contributed by atoms with Crippen LogP contribution in [0.3, 0.4) is 0 Å². The van der Waals surface area contributed by atoms with E-state index < -0.39 is 4.92 Å². The Morgan fingerprint density at radius 2 is 2.16 bits per heavy atom. The lowest BCUT2D eigenvalue weighted by Gasteiger charge is -2.16. The van der Waals surface area contributed by atoms with Gasteiger partial charge in [-0.05, 0) is 18.4 Å². The number of nitro groups is 1. The van der Waals surface area contributed by atoms with Gasteiger partial charge in [0.05, 0.1) is 17.2 Å². The van der Waals surface area contributed by atoms with E-state index in [1.54, 1.807) is 6.07 Å². The molecule has 0 aliphatic carbocycles. The molecule has 0 aliphatic rings. The Hall–Kier alpha value is -1.78. The van der Waals surface area contributed by atoms with E-state index in [2.05, 4.69) is 13.8 Å². The summed E-state index contributed by atoms with van der Waals surface area (Å²) < 4.78 is 5.67. The first-order valence-corrected chi connectivity index (χ1v) is 6.75. The molecule has 0 aliphatic heterocycles. The minimum Gasteiger partial charge on any atom is -0.491 e. The van der Waals surface area contributed by atoms with Gasteiger partial charge in [0, 0.05) is 12.1 Å². The van der Waals surface area contributed by atoms with Crippen molar-refractivity contribution in [2.45, 2.75) is 39.5 Å². The Bertz CT molecular complexity index is 421. The van der Waals surface area contributed by atoms with E-state index >= 15 is 0 Å². The highest BCUT2D eigenvalue weighted by atomic mass is 16.6. The van der Waals surface area contributed by atoms with Gasteiger partial charge in [-0.1, -0.05) is 33.1 Å². The summed E-state index contributed by atoms with van der Waals surface area (Å²) in [6.45, 7) is 4.92. The summed E-state index contributed by atoms with van der Waals surface area (Å²) in [4.78, 5) is 10.1. The maximum atomic E-state index is 10.6. The van der Waals surface area contributed by atoms with Gasteiger partial charge in [0.2, 0.25) is 0 Å².